The molecule has 0 spiro atoms. The highest BCUT2D eigenvalue weighted by Gasteiger charge is 2.45. The fourth-order valence-electron chi connectivity index (χ4n) is 5.05. The van der Waals surface area contributed by atoms with E-state index in [4.69, 9.17) is 0 Å². The minimum atomic E-state index is -1.64. The summed E-state index contributed by atoms with van der Waals surface area (Å²) in [6.07, 6.45) is 6.42. The molecule has 0 aromatic carbocycles. The number of pyridine rings is 1. The zero-order valence-corrected chi connectivity index (χ0v) is 23.6. The van der Waals surface area contributed by atoms with Crippen LogP contribution < -0.4 is 16.0 Å². The number of rotatable bonds is 9. The smallest absolute Gasteiger partial charge is 0.255 e. The van der Waals surface area contributed by atoms with Crippen molar-refractivity contribution >= 4 is 23.0 Å². The Kier molecular flexibility index (Phi) is 7.70. The van der Waals surface area contributed by atoms with Crippen molar-refractivity contribution in [3.05, 3.63) is 47.8 Å². The van der Waals surface area contributed by atoms with Crippen LogP contribution in [0.4, 0.5) is 10.1 Å². The Morgan fingerprint density at radius 1 is 1.20 bits per heavy atom. The monoisotopic (exact) mass is 561 g/mol. The second-order valence-corrected chi connectivity index (χ2v) is 12.1. The summed E-state index contributed by atoms with van der Waals surface area (Å²) >= 11 is 0. The van der Waals surface area contributed by atoms with Crippen LogP contribution in [0.5, 0.6) is 0 Å². The molecule has 2 aliphatic carbocycles. The van der Waals surface area contributed by atoms with Gasteiger partial charge in [0, 0.05) is 23.7 Å². The molecular formula is C30H36FN7O3. The van der Waals surface area contributed by atoms with E-state index in [1.165, 1.54) is 26.2 Å². The molecule has 0 bridgehead atoms. The van der Waals surface area contributed by atoms with Crippen molar-refractivity contribution in [1.82, 2.24) is 25.2 Å². The lowest BCUT2D eigenvalue weighted by atomic mass is 9.90. The number of fused-ring (bicyclic) bond motifs is 1. The third-order valence-corrected chi connectivity index (χ3v) is 8.22. The SMILES string of the molecule is CC1(C(=O)NC2CCC(Nc3cc(-c4ccc5cc(C#N)cnn45)ncc3C(=O)NC[C@@H](F)C(C)(C)O)CC2)CC1. The average Bonchev–Trinajstić information content (AvgIpc) is 3.57. The summed E-state index contributed by atoms with van der Waals surface area (Å²) in [4.78, 5) is 30.2. The fourth-order valence-corrected chi connectivity index (χ4v) is 5.05. The number of aliphatic hydroxyl groups is 1. The number of anilines is 1. The number of nitriles is 1. The predicted molar refractivity (Wildman–Crippen MR) is 152 cm³/mol. The van der Waals surface area contributed by atoms with Gasteiger partial charge in [-0.25, -0.2) is 8.91 Å². The summed E-state index contributed by atoms with van der Waals surface area (Å²) in [6, 6.07) is 9.48. The Bertz CT molecular complexity index is 1490. The Morgan fingerprint density at radius 3 is 2.56 bits per heavy atom. The van der Waals surface area contributed by atoms with E-state index in [2.05, 4.69) is 32.1 Å². The van der Waals surface area contributed by atoms with E-state index in [1.807, 2.05) is 19.1 Å². The molecule has 5 rings (SSSR count). The van der Waals surface area contributed by atoms with Crippen LogP contribution in [0.3, 0.4) is 0 Å². The quantitative estimate of drug-likeness (QED) is 0.311. The molecule has 3 heterocycles. The van der Waals surface area contributed by atoms with Gasteiger partial charge in [0.25, 0.3) is 5.91 Å². The molecule has 3 aromatic rings. The van der Waals surface area contributed by atoms with Crippen LogP contribution in [0, 0.1) is 16.7 Å². The number of nitrogens with one attached hydrogen (secondary N) is 3. The van der Waals surface area contributed by atoms with Crippen molar-refractivity contribution in [2.24, 2.45) is 5.41 Å². The van der Waals surface area contributed by atoms with E-state index in [9.17, 15) is 24.3 Å². The van der Waals surface area contributed by atoms with Crippen molar-refractivity contribution in [1.29, 1.82) is 5.26 Å². The van der Waals surface area contributed by atoms with Gasteiger partial charge in [0.15, 0.2) is 0 Å². The normalized spacial score (nSPS) is 20.6. The van der Waals surface area contributed by atoms with Crippen molar-refractivity contribution in [2.75, 3.05) is 11.9 Å². The Balaban J connectivity index is 1.36. The summed E-state index contributed by atoms with van der Waals surface area (Å²) in [5.41, 5.74) is 1.45. The highest BCUT2D eigenvalue weighted by atomic mass is 19.1. The number of halogens is 1. The van der Waals surface area contributed by atoms with Crippen LogP contribution in [0.15, 0.2) is 36.7 Å². The summed E-state index contributed by atoms with van der Waals surface area (Å²) < 4.78 is 16.0. The van der Waals surface area contributed by atoms with Crippen molar-refractivity contribution in [3.8, 4) is 17.5 Å². The summed E-state index contributed by atoms with van der Waals surface area (Å²) in [7, 11) is 0. The molecule has 0 aliphatic heterocycles. The first-order valence-electron chi connectivity index (χ1n) is 14.1. The predicted octanol–water partition coefficient (Wildman–Crippen LogP) is 3.75. The molecule has 0 saturated heterocycles. The van der Waals surface area contributed by atoms with Gasteiger partial charge >= 0.3 is 0 Å². The topological polar surface area (TPSA) is 144 Å². The highest BCUT2D eigenvalue weighted by molar-refractivity contribution is 6.00. The fraction of sp³-hybridized carbons (Fsp3) is 0.500. The van der Waals surface area contributed by atoms with Gasteiger partial charge in [-0.3, -0.25) is 14.6 Å². The van der Waals surface area contributed by atoms with Gasteiger partial charge in [0.05, 0.1) is 52.1 Å². The van der Waals surface area contributed by atoms with E-state index >= 15 is 0 Å². The number of alkyl halides is 1. The van der Waals surface area contributed by atoms with Crippen molar-refractivity contribution in [2.45, 2.75) is 83.2 Å². The van der Waals surface area contributed by atoms with Gasteiger partial charge in [-0.05, 0) is 76.6 Å². The lowest BCUT2D eigenvalue weighted by Gasteiger charge is -2.31. The average molecular weight is 562 g/mol. The molecule has 2 amide bonds. The minimum absolute atomic E-state index is 0.0622. The van der Waals surface area contributed by atoms with E-state index in [1.54, 1.807) is 16.6 Å². The van der Waals surface area contributed by atoms with Crippen LogP contribution in [-0.2, 0) is 4.79 Å². The molecule has 11 heteroatoms. The zero-order chi connectivity index (χ0) is 29.4. The highest BCUT2D eigenvalue weighted by Crippen LogP contribution is 2.45. The molecule has 0 unspecified atom stereocenters. The van der Waals surface area contributed by atoms with Gasteiger partial charge in [-0.15, -0.1) is 0 Å². The number of hydrogen-bond acceptors (Lipinski definition) is 7. The molecule has 10 nitrogen and oxygen atoms in total. The van der Waals surface area contributed by atoms with Gasteiger partial charge in [-0.2, -0.15) is 10.4 Å². The summed E-state index contributed by atoms with van der Waals surface area (Å²) in [5.74, 6) is -0.368. The first kappa shape index (κ1) is 28.5. The second-order valence-electron chi connectivity index (χ2n) is 12.1. The third-order valence-electron chi connectivity index (χ3n) is 8.22. The van der Waals surface area contributed by atoms with Crippen LogP contribution in [-0.4, -0.2) is 61.9 Å². The maximum Gasteiger partial charge on any atom is 0.255 e. The Hall–Kier alpha value is -4.04. The van der Waals surface area contributed by atoms with Crippen LogP contribution in [0.25, 0.3) is 16.9 Å². The van der Waals surface area contributed by atoms with Gasteiger partial charge < -0.3 is 21.1 Å². The van der Waals surface area contributed by atoms with E-state index in [0.717, 1.165) is 44.0 Å². The number of aromatic nitrogens is 3. The molecule has 2 aliphatic rings. The molecule has 2 saturated carbocycles. The van der Waals surface area contributed by atoms with Gasteiger partial charge in [0.2, 0.25) is 5.91 Å². The Morgan fingerprint density at radius 2 is 1.90 bits per heavy atom. The molecule has 2 fully saturated rings. The molecule has 3 aromatic heterocycles. The van der Waals surface area contributed by atoms with Gasteiger partial charge in [0.1, 0.15) is 12.2 Å². The number of nitrogens with zero attached hydrogens (tertiary/aromatic N) is 4. The maximum atomic E-state index is 14.4. The molecule has 216 valence electrons. The van der Waals surface area contributed by atoms with E-state index < -0.39 is 17.7 Å². The largest absolute Gasteiger partial charge is 0.387 e. The van der Waals surface area contributed by atoms with E-state index in [0.29, 0.717) is 22.6 Å². The molecular weight excluding hydrogens is 525 g/mol. The standard InChI is InChI=1S/C30H36FN7O3/c1-29(2,41)26(31)17-34-27(39)22-16-33-24(25-9-8-21-12-18(14-32)15-35-38(21)25)13-23(22)36-19-4-6-20(7-5-19)37-28(40)30(3)10-11-30/h8-9,12-13,15-16,19-20,26,41H,4-7,10-11,17H2,1-3H3,(H,33,36)(H,34,39)(H,37,40)/t19?,20?,26-/m1/s1. The van der Waals surface area contributed by atoms with Crippen LogP contribution in [0.2, 0.25) is 0 Å². The summed E-state index contributed by atoms with van der Waals surface area (Å²) in [5, 5.41) is 32.8. The zero-order valence-electron chi connectivity index (χ0n) is 23.6. The lowest BCUT2D eigenvalue weighted by molar-refractivity contribution is -0.126. The maximum absolute atomic E-state index is 14.4. The number of carbonyl (C=O) groups excluding carboxylic acids is 2. The number of carbonyl (C=O) groups is 2. The number of hydrogen-bond donors (Lipinski definition) is 4. The number of amides is 2. The Labute approximate surface area is 238 Å². The van der Waals surface area contributed by atoms with Crippen LogP contribution in [0.1, 0.15) is 75.2 Å². The molecule has 0 radical (unpaired) electrons. The molecule has 4 N–H and O–H groups in total. The first-order chi connectivity index (χ1) is 19.5. The summed E-state index contributed by atoms with van der Waals surface area (Å²) in [6.45, 7) is 4.36. The molecule has 41 heavy (non-hydrogen) atoms. The van der Waals surface area contributed by atoms with Crippen molar-refractivity contribution < 1.29 is 19.1 Å². The third kappa shape index (κ3) is 6.33. The minimum Gasteiger partial charge on any atom is -0.387 e. The van der Waals surface area contributed by atoms with E-state index in [-0.39, 0.29) is 35.5 Å². The van der Waals surface area contributed by atoms with Gasteiger partial charge in [-0.1, -0.05) is 6.92 Å². The van der Waals surface area contributed by atoms with Crippen molar-refractivity contribution in [3.63, 3.8) is 0 Å². The first-order valence-corrected chi connectivity index (χ1v) is 14.1. The van der Waals surface area contributed by atoms with Crippen LogP contribution >= 0.6 is 0 Å². The molecule has 1 atom stereocenters. The second kappa shape index (κ2) is 11.1. The lowest BCUT2D eigenvalue weighted by Crippen LogP contribution is -2.43.